The van der Waals surface area contributed by atoms with Crippen LogP contribution in [0.5, 0.6) is 5.75 Å². The zero-order chi connectivity index (χ0) is 13.8. The molecule has 2 rings (SSSR count). The number of thiazole rings is 1. The maximum Gasteiger partial charge on any atom is 0.367 e. The van der Waals surface area contributed by atoms with E-state index in [2.05, 4.69) is 4.98 Å². The summed E-state index contributed by atoms with van der Waals surface area (Å²) < 4.78 is 23.8. The lowest BCUT2D eigenvalue weighted by Gasteiger charge is -2.06. The van der Waals surface area contributed by atoms with E-state index in [1.54, 1.807) is 24.4 Å². The predicted octanol–water partition coefficient (Wildman–Crippen LogP) is 3.13. The van der Waals surface area contributed by atoms with Crippen LogP contribution in [0.15, 0.2) is 23.6 Å². The molecule has 0 unspecified atom stereocenters. The smallest absolute Gasteiger partial charge is 0.367 e. The highest BCUT2D eigenvalue weighted by atomic mass is 32.1. The number of hydrogen-bond donors (Lipinski definition) is 0. The summed E-state index contributed by atoms with van der Waals surface area (Å²) in [5.41, 5.74) is 0.611. The quantitative estimate of drug-likeness (QED) is 0.808. The Balaban J connectivity index is 2.41. The second kappa shape index (κ2) is 5.79. The maximum absolute atomic E-state index is 13.8. The van der Waals surface area contributed by atoms with Gasteiger partial charge in [-0.05, 0) is 19.1 Å². The molecule has 0 saturated heterocycles. The minimum absolute atomic E-state index is 0.196. The molecule has 0 spiro atoms. The van der Waals surface area contributed by atoms with Crippen LogP contribution in [0.4, 0.5) is 4.39 Å². The highest BCUT2D eigenvalue weighted by Gasteiger charge is 2.18. The summed E-state index contributed by atoms with van der Waals surface area (Å²) in [4.78, 5) is 15.6. The van der Waals surface area contributed by atoms with Gasteiger partial charge in [-0.2, -0.15) is 0 Å². The fourth-order valence-corrected chi connectivity index (χ4v) is 2.30. The lowest BCUT2D eigenvalue weighted by atomic mass is 10.1. The summed E-state index contributed by atoms with van der Waals surface area (Å²) in [6.07, 6.45) is 0. The number of rotatable bonds is 4. The molecule has 0 saturated carbocycles. The van der Waals surface area contributed by atoms with Crippen LogP contribution in [0, 0.1) is 5.82 Å². The van der Waals surface area contributed by atoms with Crippen molar-refractivity contribution in [2.45, 2.75) is 6.92 Å². The number of nitrogens with zero attached hydrogens (tertiary/aromatic N) is 1. The minimum atomic E-state index is -0.506. The molecular weight excluding hydrogens is 269 g/mol. The molecule has 6 heteroatoms. The van der Waals surface area contributed by atoms with E-state index in [-0.39, 0.29) is 17.2 Å². The second-order valence-electron chi connectivity index (χ2n) is 3.58. The molecule has 0 fully saturated rings. The van der Waals surface area contributed by atoms with E-state index >= 15 is 0 Å². The fraction of sp³-hybridized carbons (Fsp3) is 0.231. The highest BCUT2D eigenvalue weighted by Crippen LogP contribution is 2.33. The van der Waals surface area contributed by atoms with Gasteiger partial charge in [-0.1, -0.05) is 6.07 Å². The van der Waals surface area contributed by atoms with Crippen LogP contribution in [0.25, 0.3) is 11.3 Å². The molecular formula is C13H12FNO3S. The van der Waals surface area contributed by atoms with Gasteiger partial charge in [0, 0.05) is 5.38 Å². The van der Waals surface area contributed by atoms with Crippen molar-refractivity contribution in [2.75, 3.05) is 13.7 Å². The lowest BCUT2D eigenvalue weighted by Crippen LogP contribution is -2.03. The van der Waals surface area contributed by atoms with Crippen molar-refractivity contribution in [3.8, 4) is 17.0 Å². The van der Waals surface area contributed by atoms with Crippen LogP contribution in [0.3, 0.4) is 0 Å². The van der Waals surface area contributed by atoms with Crippen molar-refractivity contribution in [1.29, 1.82) is 0 Å². The number of carbonyl (C=O) groups is 1. The van der Waals surface area contributed by atoms with Gasteiger partial charge in [-0.3, -0.25) is 0 Å². The number of benzene rings is 1. The monoisotopic (exact) mass is 281 g/mol. The molecule has 19 heavy (non-hydrogen) atoms. The zero-order valence-electron chi connectivity index (χ0n) is 10.5. The average molecular weight is 281 g/mol. The van der Waals surface area contributed by atoms with Crippen molar-refractivity contribution < 1.29 is 18.7 Å². The number of halogens is 1. The van der Waals surface area contributed by atoms with Crippen LogP contribution in [0.1, 0.15) is 16.7 Å². The van der Waals surface area contributed by atoms with E-state index in [0.717, 1.165) is 11.3 Å². The van der Waals surface area contributed by atoms with Gasteiger partial charge >= 0.3 is 5.97 Å². The molecule has 2 aromatic rings. The zero-order valence-corrected chi connectivity index (χ0v) is 11.3. The highest BCUT2D eigenvalue weighted by molar-refractivity contribution is 7.11. The molecule has 0 radical (unpaired) electrons. The number of methoxy groups -OCH3 is 1. The van der Waals surface area contributed by atoms with Crippen molar-refractivity contribution >= 4 is 17.3 Å². The van der Waals surface area contributed by atoms with Gasteiger partial charge in [-0.25, -0.2) is 14.2 Å². The van der Waals surface area contributed by atoms with Gasteiger partial charge in [0.2, 0.25) is 5.01 Å². The van der Waals surface area contributed by atoms with Crippen molar-refractivity contribution in [2.24, 2.45) is 0 Å². The third-order valence-corrected chi connectivity index (χ3v) is 3.23. The van der Waals surface area contributed by atoms with Crippen molar-refractivity contribution in [1.82, 2.24) is 4.98 Å². The van der Waals surface area contributed by atoms with Crippen LogP contribution in [-0.4, -0.2) is 24.7 Å². The Hall–Kier alpha value is -1.95. The molecule has 0 aliphatic heterocycles. The van der Waals surface area contributed by atoms with Gasteiger partial charge in [0.05, 0.1) is 25.0 Å². The summed E-state index contributed by atoms with van der Waals surface area (Å²) in [5, 5.41) is 1.80. The number of ether oxygens (including phenoxy) is 2. The summed E-state index contributed by atoms with van der Waals surface area (Å²) in [6, 6.07) is 4.51. The Morgan fingerprint density at radius 1 is 1.47 bits per heavy atom. The summed E-state index contributed by atoms with van der Waals surface area (Å²) in [5.74, 6) is -0.574. The normalized spacial score (nSPS) is 10.3. The Kier molecular flexibility index (Phi) is 4.11. The third kappa shape index (κ3) is 2.73. The Bertz CT molecular complexity index is 597. The van der Waals surface area contributed by atoms with Gasteiger partial charge in [-0.15, -0.1) is 11.3 Å². The van der Waals surface area contributed by atoms with Crippen LogP contribution >= 0.6 is 11.3 Å². The van der Waals surface area contributed by atoms with Crippen molar-refractivity contribution in [3.63, 3.8) is 0 Å². The fourth-order valence-electron chi connectivity index (χ4n) is 1.60. The molecule has 0 N–H and O–H groups in total. The van der Waals surface area contributed by atoms with E-state index in [1.165, 1.54) is 13.2 Å². The van der Waals surface area contributed by atoms with Gasteiger partial charge in [0.1, 0.15) is 11.6 Å². The van der Waals surface area contributed by atoms with Crippen LogP contribution in [0.2, 0.25) is 0 Å². The summed E-state index contributed by atoms with van der Waals surface area (Å²) >= 11 is 1.11. The predicted molar refractivity (Wildman–Crippen MR) is 70.0 cm³/mol. The first kappa shape index (κ1) is 13.5. The molecule has 4 nitrogen and oxygen atoms in total. The molecule has 0 bridgehead atoms. The van der Waals surface area contributed by atoms with E-state index in [1.807, 2.05) is 0 Å². The number of esters is 1. The molecule has 1 aromatic heterocycles. The molecule has 0 amide bonds. The van der Waals surface area contributed by atoms with E-state index in [4.69, 9.17) is 9.47 Å². The van der Waals surface area contributed by atoms with Crippen molar-refractivity contribution in [3.05, 3.63) is 34.4 Å². The number of hydrogen-bond acceptors (Lipinski definition) is 5. The van der Waals surface area contributed by atoms with Crippen LogP contribution in [-0.2, 0) is 4.74 Å². The first-order chi connectivity index (χ1) is 9.17. The van der Waals surface area contributed by atoms with Gasteiger partial charge in [0.25, 0.3) is 0 Å². The average Bonchev–Trinajstić information content (AvgIpc) is 2.88. The van der Waals surface area contributed by atoms with Crippen LogP contribution < -0.4 is 4.74 Å². The number of aromatic nitrogens is 1. The first-order valence-electron chi connectivity index (χ1n) is 5.63. The maximum atomic E-state index is 13.8. The van der Waals surface area contributed by atoms with Gasteiger partial charge < -0.3 is 9.47 Å². The van der Waals surface area contributed by atoms with E-state index in [0.29, 0.717) is 11.4 Å². The molecule has 100 valence electrons. The minimum Gasteiger partial charge on any atom is -0.496 e. The molecule has 0 aliphatic carbocycles. The third-order valence-electron chi connectivity index (χ3n) is 2.41. The Morgan fingerprint density at radius 2 is 2.26 bits per heavy atom. The Morgan fingerprint density at radius 3 is 2.95 bits per heavy atom. The summed E-state index contributed by atoms with van der Waals surface area (Å²) in [7, 11) is 1.46. The molecule has 1 aromatic carbocycles. The molecule has 0 aliphatic rings. The first-order valence-corrected chi connectivity index (χ1v) is 6.50. The SMILES string of the molecule is CCOC(=O)c1nc(-c2c(F)cccc2OC)cs1. The lowest BCUT2D eigenvalue weighted by molar-refractivity contribution is 0.0526. The standard InChI is InChI=1S/C13H12FNO3S/c1-3-18-13(16)12-15-9(7-19-12)11-8(14)5-4-6-10(11)17-2/h4-7H,3H2,1-2H3. The molecule has 1 heterocycles. The Labute approximate surface area is 113 Å². The van der Waals surface area contributed by atoms with E-state index in [9.17, 15) is 9.18 Å². The molecule has 0 atom stereocenters. The number of carbonyl (C=O) groups excluding carboxylic acids is 1. The largest absolute Gasteiger partial charge is 0.496 e. The van der Waals surface area contributed by atoms with Gasteiger partial charge in [0.15, 0.2) is 0 Å². The second-order valence-corrected chi connectivity index (χ2v) is 4.43. The summed E-state index contributed by atoms with van der Waals surface area (Å²) in [6.45, 7) is 1.99. The topological polar surface area (TPSA) is 48.4 Å². The van der Waals surface area contributed by atoms with E-state index < -0.39 is 11.8 Å².